The number of carbonyl (C=O) groups excluding carboxylic acids is 1. The molecular weight excluding hydrogens is 420 g/mol. The maximum Gasteiger partial charge on any atom is 0.222 e. The van der Waals surface area contributed by atoms with Gasteiger partial charge in [-0.1, -0.05) is 12.1 Å². The molecule has 4 heterocycles. The molecule has 0 aliphatic carbocycles. The number of hydrogen-bond donors (Lipinski definition) is 0. The summed E-state index contributed by atoms with van der Waals surface area (Å²) in [5, 5.41) is 14.7. The van der Waals surface area contributed by atoms with E-state index in [4.69, 9.17) is 4.98 Å². The Labute approximate surface area is 190 Å². The second-order valence-electron chi connectivity index (χ2n) is 8.34. The van der Waals surface area contributed by atoms with Crippen molar-refractivity contribution in [1.82, 2.24) is 24.5 Å². The van der Waals surface area contributed by atoms with Crippen molar-refractivity contribution in [3.8, 4) is 6.07 Å². The van der Waals surface area contributed by atoms with E-state index in [-0.39, 0.29) is 5.91 Å². The Hall–Kier alpha value is -3.31. The van der Waals surface area contributed by atoms with Gasteiger partial charge in [-0.15, -0.1) is 11.3 Å². The molecule has 3 aromatic heterocycles. The van der Waals surface area contributed by atoms with Crippen molar-refractivity contribution < 1.29 is 4.79 Å². The molecule has 162 valence electrons. The Morgan fingerprint density at radius 1 is 1.22 bits per heavy atom. The van der Waals surface area contributed by atoms with E-state index < -0.39 is 0 Å². The molecule has 1 aliphatic rings. The summed E-state index contributed by atoms with van der Waals surface area (Å²) < 4.78 is 2.94. The molecule has 1 fully saturated rings. The fourth-order valence-electron chi connectivity index (χ4n) is 4.58. The summed E-state index contributed by atoms with van der Waals surface area (Å²) in [4.78, 5) is 24.3. The summed E-state index contributed by atoms with van der Waals surface area (Å²) in [7, 11) is 0. The van der Waals surface area contributed by atoms with E-state index in [2.05, 4.69) is 34.4 Å². The van der Waals surface area contributed by atoms with Gasteiger partial charge < -0.3 is 4.90 Å². The van der Waals surface area contributed by atoms with Crippen LogP contribution in [0.5, 0.6) is 0 Å². The summed E-state index contributed by atoms with van der Waals surface area (Å²) in [5.74, 6) is 0.617. The van der Waals surface area contributed by atoms with Crippen LogP contribution in [0.3, 0.4) is 0 Å². The Bertz CT molecular complexity index is 1320. The predicted molar refractivity (Wildman–Crippen MR) is 124 cm³/mol. The Morgan fingerprint density at radius 3 is 2.75 bits per heavy atom. The average Bonchev–Trinajstić information content (AvgIpc) is 3.43. The lowest BCUT2D eigenvalue weighted by atomic mass is 9.97. The molecule has 1 saturated heterocycles. The first-order valence-corrected chi connectivity index (χ1v) is 11.7. The lowest BCUT2D eigenvalue weighted by molar-refractivity contribution is -0.132. The fraction of sp³-hybridized carbons (Fsp3) is 0.375. The Kier molecular flexibility index (Phi) is 5.35. The number of rotatable bonds is 4. The van der Waals surface area contributed by atoms with Crippen molar-refractivity contribution in [1.29, 1.82) is 5.26 Å². The topological polar surface area (TPSA) is 87.2 Å². The number of fused-ring (bicyclic) bond motifs is 2. The molecule has 0 unspecified atom stereocenters. The number of carbonyl (C=O) groups is 1. The molecule has 0 bridgehead atoms. The van der Waals surface area contributed by atoms with Gasteiger partial charge in [0.15, 0.2) is 5.65 Å². The molecule has 8 heteroatoms. The lowest BCUT2D eigenvalue weighted by Crippen LogP contribution is -2.38. The van der Waals surface area contributed by atoms with Gasteiger partial charge in [0.1, 0.15) is 11.6 Å². The molecule has 0 radical (unpaired) electrons. The number of benzene rings is 1. The first-order chi connectivity index (χ1) is 15.5. The normalized spacial score (nSPS) is 14.8. The highest BCUT2D eigenvalue weighted by Gasteiger charge is 2.26. The van der Waals surface area contributed by atoms with E-state index in [0.29, 0.717) is 30.0 Å². The quantitative estimate of drug-likeness (QED) is 0.472. The van der Waals surface area contributed by atoms with E-state index in [1.807, 2.05) is 24.8 Å². The second kappa shape index (κ2) is 8.32. The minimum absolute atomic E-state index is 0.185. The van der Waals surface area contributed by atoms with Gasteiger partial charge in [-0.3, -0.25) is 4.79 Å². The van der Waals surface area contributed by atoms with Crippen LogP contribution in [0.25, 0.3) is 15.9 Å². The highest BCUT2D eigenvalue weighted by atomic mass is 32.1. The summed E-state index contributed by atoms with van der Waals surface area (Å²) in [6, 6.07) is 10.4. The summed E-state index contributed by atoms with van der Waals surface area (Å²) in [5.41, 5.74) is 4.94. The molecule has 0 N–H and O–H groups in total. The number of likely N-dealkylation sites (tertiary alicyclic amines) is 1. The number of nitriles is 1. The van der Waals surface area contributed by atoms with Gasteiger partial charge in [0, 0.05) is 36.8 Å². The standard InChI is InChI=1S/C24H24N6OS/c1-15-19(16(2)30-23(27-15)18(13-25)14-26-30)7-8-22(31)29-11-9-17(10-12-29)24-28-20-5-3-4-6-21(20)32-24/h3-6,14,17H,7-12H2,1-2H3. The minimum atomic E-state index is 0.185. The Morgan fingerprint density at radius 2 is 2.00 bits per heavy atom. The van der Waals surface area contributed by atoms with Crippen molar-refractivity contribution in [3.05, 3.63) is 58.0 Å². The van der Waals surface area contributed by atoms with E-state index >= 15 is 0 Å². The third-order valence-corrected chi connectivity index (χ3v) is 7.62. The lowest BCUT2D eigenvalue weighted by Gasteiger charge is -2.31. The fourth-order valence-corrected chi connectivity index (χ4v) is 5.72. The van der Waals surface area contributed by atoms with Crippen LogP contribution in [-0.2, 0) is 11.2 Å². The van der Waals surface area contributed by atoms with Crippen molar-refractivity contribution >= 4 is 33.1 Å². The van der Waals surface area contributed by atoms with E-state index in [1.165, 1.54) is 9.71 Å². The molecule has 0 saturated carbocycles. The van der Waals surface area contributed by atoms with E-state index in [0.717, 1.165) is 48.4 Å². The number of aromatic nitrogens is 4. The third kappa shape index (κ3) is 3.63. The van der Waals surface area contributed by atoms with E-state index in [9.17, 15) is 10.1 Å². The number of hydrogen-bond acceptors (Lipinski definition) is 6. The zero-order valence-corrected chi connectivity index (χ0v) is 19.0. The molecule has 7 nitrogen and oxygen atoms in total. The first-order valence-electron chi connectivity index (χ1n) is 10.9. The number of nitrogens with zero attached hydrogens (tertiary/aromatic N) is 6. The first kappa shape index (κ1) is 20.6. The van der Waals surface area contributed by atoms with E-state index in [1.54, 1.807) is 22.0 Å². The number of amides is 1. The van der Waals surface area contributed by atoms with Gasteiger partial charge in [0.05, 0.1) is 21.4 Å². The van der Waals surface area contributed by atoms with Crippen LogP contribution in [-0.4, -0.2) is 43.5 Å². The van der Waals surface area contributed by atoms with Crippen molar-refractivity contribution in [2.45, 2.75) is 45.4 Å². The van der Waals surface area contributed by atoms with Gasteiger partial charge in [0.25, 0.3) is 0 Å². The maximum absolute atomic E-state index is 12.9. The number of thiazole rings is 1. The maximum atomic E-state index is 12.9. The average molecular weight is 445 g/mol. The van der Waals surface area contributed by atoms with Gasteiger partial charge in [-0.2, -0.15) is 10.4 Å². The SMILES string of the molecule is Cc1nc2c(C#N)cnn2c(C)c1CCC(=O)N1CCC(c2nc3ccccc3s2)CC1. The molecule has 0 spiro atoms. The molecule has 4 aromatic rings. The molecular formula is C24H24N6OS. The minimum Gasteiger partial charge on any atom is -0.343 e. The highest BCUT2D eigenvalue weighted by molar-refractivity contribution is 7.18. The highest BCUT2D eigenvalue weighted by Crippen LogP contribution is 2.34. The zero-order chi connectivity index (χ0) is 22.2. The largest absolute Gasteiger partial charge is 0.343 e. The summed E-state index contributed by atoms with van der Waals surface area (Å²) >= 11 is 1.78. The third-order valence-electron chi connectivity index (χ3n) is 6.43. The molecule has 5 rings (SSSR count). The molecule has 32 heavy (non-hydrogen) atoms. The number of aryl methyl sites for hydroxylation is 2. The summed E-state index contributed by atoms with van der Waals surface area (Å²) in [6.07, 6.45) is 4.54. The van der Waals surface area contributed by atoms with Crippen LogP contribution in [0, 0.1) is 25.2 Å². The molecule has 1 aromatic carbocycles. The van der Waals surface area contributed by atoms with Crippen LogP contribution in [0.1, 0.15) is 52.7 Å². The molecule has 1 aliphatic heterocycles. The van der Waals surface area contributed by atoms with Crippen LogP contribution >= 0.6 is 11.3 Å². The van der Waals surface area contributed by atoms with Crippen LogP contribution in [0.2, 0.25) is 0 Å². The van der Waals surface area contributed by atoms with Crippen LogP contribution in [0.4, 0.5) is 0 Å². The number of piperidine rings is 1. The zero-order valence-electron chi connectivity index (χ0n) is 18.2. The smallest absolute Gasteiger partial charge is 0.222 e. The van der Waals surface area contributed by atoms with Gasteiger partial charge in [-0.25, -0.2) is 14.5 Å². The molecule has 1 amide bonds. The molecule has 0 atom stereocenters. The predicted octanol–water partition coefficient (Wildman–Crippen LogP) is 4.17. The number of para-hydroxylation sites is 1. The van der Waals surface area contributed by atoms with Crippen molar-refractivity contribution in [3.63, 3.8) is 0 Å². The van der Waals surface area contributed by atoms with Crippen LogP contribution in [0.15, 0.2) is 30.5 Å². The second-order valence-corrected chi connectivity index (χ2v) is 9.40. The van der Waals surface area contributed by atoms with Crippen molar-refractivity contribution in [2.24, 2.45) is 0 Å². The van der Waals surface area contributed by atoms with Gasteiger partial charge in [0.2, 0.25) is 5.91 Å². The van der Waals surface area contributed by atoms with Gasteiger partial charge in [-0.05, 0) is 50.8 Å². The monoisotopic (exact) mass is 444 g/mol. The van der Waals surface area contributed by atoms with Crippen molar-refractivity contribution in [2.75, 3.05) is 13.1 Å². The Balaban J connectivity index is 1.22. The van der Waals surface area contributed by atoms with Crippen LogP contribution < -0.4 is 0 Å². The van der Waals surface area contributed by atoms with Gasteiger partial charge >= 0.3 is 0 Å². The summed E-state index contributed by atoms with van der Waals surface area (Å²) in [6.45, 7) is 5.46.